The molecule has 3 N–H and O–H groups in total. The monoisotopic (exact) mass is 295 g/mol. The number of hydrogen-bond donors (Lipinski definition) is 3. The fourth-order valence-electron chi connectivity index (χ4n) is 4.12. The molecule has 2 saturated carbocycles. The van der Waals surface area contributed by atoms with Crippen LogP contribution in [0.4, 0.5) is 4.79 Å². The van der Waals surface area contributed by atoms with Gasteiger partial charge < -0.3 is 10.4 Å². The Morgan fingerprint density at radius 3 is 2.57 bits per heavy atom. The molecule has 0 aromatic carbocycles. The number of nitrogens with one attached hydrogen (secondary N) is 2. The van der Waals surface area contributed by atoms with Crippen molar-refractivity contribution >= 4 is 11.9 Å². The highest BCUT2D eigenvalue weighted by Gasteiger charge is 2.42. The summed E-state index contributed by atoms with van der Waals surface area (Å²) >= 11 is 0. The number of imide groups is 1. The molecule has 6 heteroatoms. The molecule has 1 saturated heterocycles. The number of hydrogen-bond acceptors (Lipinski definition) is 4. The molecule has 118 valence electrons. The second-order valence-electron chi connectivity index (χ2n) is 6.77. The van der Waals surface area contributed by atoms with Crippen molar-refractivity contribution in [1.82, 2.24) is 15.5 Å². The van der Waals surface area contributed by atoms with Crippen LogP contribution in [0.15, 0.2) is 0 Å². The molecule has 1 heterocycles. The maximum absolute atomic E-state index is 11.9. The van der Waals surface area contributed by atoms with Crippen LogP contribution in [0.25, 0.3) is 0 Å². The van der Waals surface area contributed by atoms with Crippen LogP contribution in [0.5, 0.6) is 0 Å². The van der Waals surface area contributed by atoms with Crippen molar-refractivity contribution in [3.8, 4) is 0 Å². The van der Waals surface area contributed by atoms with E-state index in [0.29, 0.717) is 11.8 Å². The van der Waals surface area contributed by atoms with Crippen LogP contribution in [0.1, 0.15) is 38.5 Å². The Labute approximate surface area is 125 Å². The molecule has 3 fully saturated rings. The first kappa shape index (κ1) is 14.8. The highest BCUT2D eigenvalue weighted by Crippen LogP contribution is 2.37. The number of carbonyl (C=O) groups excluding carboxylic acids is 2. The number of nitrogens with zero attached hydrogens (tertiary/aromatic N) is 1. The van der Waals surface area contributed by atoms with Gasteiger partial charge in [0.15, 0.2) is 0 Å². The molecule has 3 rings (SSSR count). The van der Waals surface area contributed by atoms with Crippen LogP contribution in [-0.2, 0) is 4.79 Å². The van der Waals surface area contributed by atoms with E-state index in [0.717, 1.165) is 51.6 Å². The summed E-state index contributed by atoms with van der Waals surface area (Å²) in [5, 5.41) is 15.1. The third kappa shape index (κ3) is 3.55. The molecule has 21 heavy (non-hydrogen) atoms. The maximum Gasteiger partial charge on any atom is 0.321 e. The number of fused-ring (bicyclic) bond motifs is 1. The van der Waals surface area contributed by atoms with Crippen molar-refractivity contribution in [3.63, 3.8) is 0 Å². The molecule has 1 aliphatic heterocycles. The van der Waals surface area contributed by atoms with Crippen LogP contribution < -0.4 is 10.6 Å². The molecule has 3 unspecified atom stereocenters. The lowest BCUT2D eigenvalue weighted by Crippen LogP contribution is -2.46. The van der Waals surface area contributed by atoms with Crippen molar-refractivity contribution in [3.05, 3.63) is 0 Å². The minimum Gasteiger partial charge on any atom is -0.393 e. The molecule has 0 aromatic rings. The largest absolute Gasteiger partial charge is 0.393 e. The fourth-order valence-corrected chi connectivity index (χ4v) is 4.12. The van der Waals surface area contributed by atoms with Crippen LogP contribution in [0.3, 0.4) is 0 Å². The van der Waals surface area contributed by atoms with E-state index in [1.807, 2.05) is 0 Å². The van der Waals surface area contributed by atoms with E-state index in [-0.39, 0.29) is 30.6 Å². The van der Waals surface area contributed by atoms with E-state index < -0.39 is 0 Å². The Hall–Kier alpha value is -1.14. The molecule has 3 amide bonds. The van der Waals surface area contributed by atoms with Gasteiger partial charge in [-0.1, -0.05) is 12.8 Å². The third-order valence-corrected chi connectivity index (χ3v) is 5.21. The van der Waals surface area contributed by atoms with Gasteiger partial charge in [0.1, 0.15) is 0 Å². The van der Waals surface area contributed by atoms with Crippen molar-refractivity contribution < 1.29 is 14.7 Å². The Kier molecular flexibility index (Phi) is 4.45. The first-order valence-electron chi connectivity index (χ1n) is 8.12. The SMILES string of the molecule is O=C(CN1CC2CCC(O)C2C1)NC(=O)NC1CCCC1. The summed E-state index contributed by atoms with van der Waals surface area (Å²) in [4.78, 5) is 25.7. The zero-order chi connectivity index (χ0) is 14.8. The Morgan fingerprint density at radius 1 is 1.10 bits per heavy atom. The van der Waals surface area contributed by atoms with Crippen molar-refractivity contribution in [1.29, 1.82) is 0 Å². The highest BCUT2D eigenvalue weighted by atomic mass is 16.3. The zero-order valence-electron chi connectivity index (χ0n) is 12.4. The van der Waals surface area contributed by atoms with E-state index in [2.05, 4.69) is 15.5 Å². The van der Waals surface area contributed by atoms with Gasteiger partial charge in [0.2, 0.25) is 5.91 Å². The normalized spacial score (nSPS) is 33.1. The van der Waals surface area contributed by atoms with Gasteiger partial charge in [-0.3, -0.25) is 15.0 Å². The van der Waals surface area contributed by atoms with E-state index in [4.69, 9.17) is 0 Å². The number of urea groups is 1. The van der Waals surface area contributed by atoms with Crippen LogP contribution in [-0.4, -0.2) is 53.7 Å². The summed E-state index contributed by atoms with van der Waals surface area (Å²) in [5.41, 5.74) is 0. The molecule has 0 radical (unpaired) electrons. The number of likely N-dealkylation sites (tertiary alicyclic amines) is 1. The first-order valence-corrected chi connectivity index (χ1v) is 8.12. The number of aliphatic hydroxyl groups excluding tert-OH is 1. The average Bonchev–Trinajstić information content (AvgIpc) is 3.10. The molecule has 3 atom stereocenters. The fraction of sp³-hybridized carbons (Fsp3) is 0.867. The predicted molar refractivity (Wildman–Crippen MR) is 77.6 cm³/mol. The van der Waals surface area contributed by atoms with E-state index in [1.54, 1.807) is 0 Å². The summed E-state index contributed by atoms with van der Waals surface area (Å²) in [5.74, 6) is 0.574. The molecule has 0 bridgehead atoms. The molecular formula is C15H25N3O3. The Morgan fingerprint density at radius 2 is 1.86 bits per heavy atom. The number of carbonyl (C=O) groups is 2. The topological polar surface area (TPSA) is 81.7 Å². The van der Waals surface area contributed by atoms with Crippen molar-refractivity contribution in [2.75, 3.05) is 19.6 Å². The first-order chi connectivity index (χ1) is 10.1. The lowest BCUT2D eigenvalue weighted by molar-refractivity contribution is -0.121. The quantitative estimate of drug-likeness (QED) is 0.706. The lowest BCUT2D eigenvalue weighted by Gasteiger charge is -2.18. The summed E-state index contributed by atoms with van der Waals surface area (Å²) < 4.78 is 0. The van der Waals surface area contributed by atoms with Crippen molar-refractivity contribution in [2.24, 2.45) is 11.8 Å². The van der Waals surface area contributed by atoms with Crippen LogP contribution >= 0.6 is 0 Å². The summed E-state index contributed by atoms with van der Waals surface area (Å²) in [6.07, 6.45) is 6.04. The second kappa shape index (κ2) is 6.32. The minimum atomic E-state index is -0.369. The lowest BCUT2D eigenvalue weighted by atomic mass is 10.00. The van der Waals surface area contributed by atoms with Gasteiger partial charge in [0.05, 0.1) is 12.6 Å². The van der Waals surface area contributed by atoms with Gasteiger partial charge in [0, 0.05) is 25.0 Å². The summed E-state index contributed by atoms with van der Waals surface area (Å²) in [7, 11) is 0. The maximum atomic E-state index is 11.9. The Balaban J connectivity index is 1.39. The zero-order valence-corrected chi connectivity index (χ0v) is 12.4. The van der Waals surface area contributed by atoms with Gasteiger partial charge in [-0.2, -0.15) is 0 Å². The number of amides is 3. The molecule has 6 nitrogen and oxygen atoms in total. The Bertz CT molecular complexity index is 409. The van der Waals surface area contributed by atoms with E-state index in [9.17, 15) is 14.7 Å². The average molecular weight is 295 g/mol. The number of rotatable bonds is 3. The van der Waals surface area contributed by atoms with Gasteiger partial charge in [-0.25, -0.2) is 4.79 Å². The smallest absolute Gasteiger partial charge is 0.321 e. The minimum absolute atomic E-state index is 0.214. The molecule has 3 aliphatic rings. The molecule has 0 aromatic heterocycles. The summed E-state index contributed by atoms with van der Waals surface area (Å²) in [6.45, 7) is 1.88. The highest BCUT2D eigenvalue weighted by molar-refractivity contribution is 5.95. The van der Waals surface area contributed by atoms with Gasteiger partial charge in [-0.15, -0.1) is 0 Å². The molecular weight excluding hydrogens is 270 g/mol. The van der Waals surface area contributed by atoms with E-state index >= 15 is 0 Å². The predicted octanol–water partition coefficient (Wildman–Crippen LogP) is 0.458. The standard InChI is InChI=1S/C15H25N3O3/c19-13-6-5-10-7-18(8-12(10)13)9-14(20)17-15(21)16-11-3-1-2-4-11/h10-13,19H,1-9H2,(H2,16,17,20,21). The van der Waals surface area contributed by atoms with Crippen LogP contribution in [0, 0.1) is 11.8 Å². The van der Waals surface area contributed by atoms with E-state index in [1.165, 1.54) is 0 Å². The molecule has 0 spiro atoms. The number of aliphatic hydroxyl groups is 1. The van der Waals surface area contributed by atoms with Crippen LogP contribution in [0.2, 0.25) is 0 Å². The van der Waals surface area contributed by atoms with Gasteiger partial charge >= 0.3 is 6.03 Å². The van der Waals surface area contributed by atoms with Crippen molar-refractivity contribution in [2.45, 2.75) is 50.7 Å². The second-order valence-corrected chi connectivity index (χ2v) is 6.77. The summed E-state index contributed by atoms with van der Waals surface area (Å²) in [6, 6.07) is -0.148. The van der Waals surface area contributed by atoms with Gasteiger partial charge in [-0.05, 0) is 31.6 Å². The third-order valence-electron chi connectivity index (χ3n) is 5.21. The van der Waals surface area contributed by atoms with Gasteiger partial charge in [0.25, 0.3) is 0 Å². The molecule has 2 aliphatic carbocycles.